The minimum atomic E-state index is -4.00. The highest BCUT2D eigenvalue weighted by atomic mass is 32.2. The van der Waals surface area contributed by atoms with Gasteiger partial charge in [-0.2, -0.15) is 0 Å². The molecule has 3 rings (SSSR count). The number of anilines is 1. The zero-order chi connectivity index (χ0) is 18.6. The van der Waals surface area contributed by atoms with E-state index in [1.807, 2.05) is 0 Å². The smallest absolute Gasteiger partial charge is 0.240 e. The number of benzene rings is 2. The van der Waals surface area contributed by atoms with Crippen LogP contribution in [0.3, 0.4) is 0 Å². The molecule has 132 valence electrons. The summed E-state index contributed by atoms with van der Waals surface area (Å²) in [6, 6.07) is 11.0. The molecule has 3 aromatic rings. The SMILES string of the molecule is Cc1c(S(C)(=O)=O)c2cc(N)ccc2n1-c1ccccc1S(N)(=O)=O. The van der Waals surface area contributed by atoms with Gasteiger partial charge in [-0.25, -0.2) is 22.0 Å². The third-order valence-electron chi connectivity index (χ3n) is 3.95. The molecular weight excluding hydrogens is 362 g/mol. The van der Waals surface area contributed by atoms with Gasteiger partial charge < -0.3 is 10.3 Å². The van der Waals surface area contributed by atoms with Crippen molar-refractivity contribution in [2.24, 2.45) is 5.14 Å². The fraction of sp³-hybridized carbons (Fsp3) is 0.125. The normalized spacial score (nSPS) is 12.6. The Bertz CT molecular complexity index is 1210. The van der Waals surface area contributed by atoms with Crippen LogP contribution in [0.4, 0.5) is 5.69 Å². The number of nitrogens with two attached hydrogens (primary N) is 2. The van der Waals surface area contributed by atoms with Gasteiger partial charge in [0, 0.05) is 23.0 Å². The molecule has 0 radical (unpaired) electrons. The van der Waals surface area contributed by atoms with E-state index in [0.29, 0.717) is 22.3 Å². The minimum Gasteiger partial charge on any atom is -0.399 e. The monoisotopic (exact) mass is 379 g/mol. The van der Waals surface area contributed by atoms with Crippen molar-refractivity contribution in [2.75, 3.05) is 12.0 Å². The third-order valence-corrected chi connectivity index (χ3v) is 6.17. The number of sulfonamides is 1. The van der Waals surface area contributed by atoms with Crippen LogP contribution in [-0.4, -0.2) is 27.7 Å². The summed E-state index contributed by atoms with van der Waals surface area (Å²) < 4.78 is 50.1. The van der Waals surface area contributed by atoms with Gasteiger partial charge in [-0.15, -0.1) is 0 Å². The second kappa shape index (κ2) is 5.58. The molecule has 0 amide bonds. The van der Waals surface area contributed by atoms with Gasteiger partial charge in [-0.3, -0.25) is 0 Å². The van der Waals surface area contributed by atoms with Crippen molar-refractivity contribution in [2.45, 2.75) is 16.7 Å². The predicted octanol–water partition coefficient (Wildman–Crippen LogP) is 1.57. The first-order valence-corrected chi connectivity index (χ1v) is 10.7. The molecule has 7 nitrogen and oxygen atoms in total. The molecule has 1 aromatic heterocycles. The number of aromatic nitrogens is 1. The molecule has 0 atom stereocenters. The third kappa shape index (κ3) is 2.90. The molecule has 25 heavy (non-hydrogen) atoms. The Kier molecular flexibility index (Phi) is 3.90. The maximum atomic E-state index is 12.3. The number of nitrogens with zero attached hydrogens (tertiary/aromatic N) is 1. The molecule has 0 bridgehead atoms. The van der Waals surface area contributed by atoms with Gasteiger partial charge in [0.1, 0.15) is 4.90 Å². The van der Waals surface area contributed by atoms with Crippen molar-refractivity contribution >= 4 is 36.5 Å². The molecule has 0 fully saturated rings. The van der Waals surface area contributed by atoms with Crippen LogP contribution >= 0.6 is 0 Å². The maximum absolute atomic E-state index is 12.3. The van der Waals surface area contributed by atoms with Crippen LogP contribution in [0.15, 0.2) is 52.3 Å². The minimum absolute atomic E-state index is 0.0909. The zero-order valence-corrected chi connectivity index (χ0v) is 15.2. The summed E-state index contributed by atoms with van der Waals surface area (Å²) in [5, 5.41) is 5.76. The van der Waals surface area contributed by atoms with E-state index < -0.39 is 19.9 Å². The molecule has 0 aliphatic carbocycles. The molecule has 0 aliphatic heterocycles. The summed E-state index contributed by atoms with van der Waals surface area (Å²) in [5.74, 6) is 0. The molecule has 0 saturated heterocycles. The van der Waals surface area contributed by atoms with Crippen LogP contribution in [0.2, 0.25) is 0 Å². The molecule has 2 aromatic carbocycles. The number of primary sulfonamides is 1. The van der Waals surface area contributed by atoms with Gasteiger partial charge in [0.2, 0.25) is 10.0 Å². The maximum Gasteiger partial charge on any atom is 0.240 e. The molecule has 0 saturated carbocycles. The van der Waals surface area contributed by atoms with Crippen LogP contribution in [0.5, 0.6) is 0 Å². The standard InChI is InChI=1S/C16H17N3O4S2/c1-10-16(24(2,20)21)12-9-11(17)7-8-13(12)19(10)14-5-3-4-6-15(14)25(18,22)23/h3-9H,17H2,1-2H3,(H2,18,22,23). The fourth-order valence-electron chi connectivity index (χ4n) is 3.07. The highest BCUT2D eigenvalue weighted by Crippen LogP contribution is 2.35. The van der Waals surface area contributed by atoms with E-state index >= 15 is 0 Å². The summed E-state index contributed by atoms with van der Waals surface area (Å²) >= 11 is 0. The van der Waals surface area contributed by atoms with E-state index in [4.69, 9.17) is 10.9 Å². The number of para-hydroxylation sites is 1. The molecule has 9 heteroatoms. The van der Waals surface area contributed by atoms with Crippen LogP contribution in [-0.2, 0) is 19.9 Å². The van der Waals surface area contributed by atoms with Crippen LogP contribution in [0, 0.1) is 6.92 Å². The Morgan fingerprint density at radius 3 is 2.24 bits per heavy atom. The summed E-state index contributed by atoms with van der Waals surface area (Å²) in [4.78, 5) is 0.0194. The highest BCUT2D eigenvalue weighted by molar-refractivity contribution is 7.91. The van der Waals surface area contributed by atoms with E-state index in [2.05, 4.69) is 0 Å². The van der Waals surface area contributed by atoms with Gasteiger partial charge in [-0.1, -0.05) is 12.1 Å². The van der Waals surface area contributed by atoms with Crippen molar-refractivity contribution in [3.05, 3.63) is 48.2 Å². The first-order valence-electron chi connectivity index (χ1n) is 7.24. The first kappa shape index (κ1) is 17.5. The first-order chi connectivity index (χ1) is 11.5. The average molecular weight is 379 g/mol. The van der Waals surface area contributed by atoms with Crippen LogP contribution in [0.25, 0.3) is 16.6 Å². The van der Waals surface area contributed by atoms with Crippen molar-refractivity contribution < 1.29 is 16.8 Å². The van der Waals surface area contributed by atoms with E-state index in [0.717, 1.165) is 6.26 Å². The van der Waals surface area contributed by atoms with E-state index in [-0.39, 0.29) is 15.5 Å². The second-order valence-corrected chi connectivity index (χ2v) is 9.29. The van der Waals surface area contributed by atoms with Crippen molar-refractivity contribution in [1.82, 2.24) is 4.57 Å². The summed E-state index contributed by atoms with van der Waals surface area (Å²) in [6.45, 7) is 1.62. The van der Waals surface area contributed by atoms with Gasteiger partial charge in [0.25, 0.3) is 0 Å². The molecule has 0 unspecified atom stereocenters. The zero-order valence-electron chi connectivity index (χ0n) is 13.6. The quantitative estimate of drug-likeness (QED) is 0.668. The van der Waals surface area contributed by atoms with Gasteiger partial charge in [0.15, 0.2) is 9.84 Å². The number of rotatable bonds is 3. The van der Waals surface area contributed by atoms with Crippen molar-refractivity contribution in [1.29, 1.82) is 0 Å². The Labute approximate surface area is 145 Å². The number of hydrogen-bond acceptors (Lipinski definition) is 5. The molecular formula is C16H17N3O4S2. The number of nitrogen functional groups attached to an aromatic ring is 1. The molecule has 0 spiro atoms. The molecule has 1 heterocycles. The van der Waals surface area contributed by atoms with Crippen molar-refractivity contribution in [3.8, 4) is 5.69 Å². The average Bonchev–Trinajstić information content (AvgIpc) is 2.77. The molecule has 0 aliphatic rings. The highest BCUT2D eigenvalue weighted by Gasteiger charge is 2.25. The Hall–Kier alpha value is -2.36. The lowest BCUT2D eigenvalue weighted by atomic mass is 10.2. The summed E-state index contributed by atoms with van der Waals surface area (Å²) in [7, 11) is -7.57. The van der Waals surface area contributed by atoms with E-state index in [9.17, 15) is 16.8 Å². The fourth-order valence-corrected chi connectivity index (χ4v) is 4.98. The van der Waals surface area contributed by atoms with E-state index in [1.165, 1.54) is 6.07 Å². The Balaban J connectivity index is 2.55. The van der Waals surface area contributed by atoms with Gasteiger partial charge in [-0.05, 0) is 37.3 Å². The lowest BCUT2D eigenvalue weighted by Crippen LogP contribution is -2.15. The van der Waals surface area contributed by atoms with Crippen LogP contribution in [0.1, 0.15) is 5.69 Å². The number of fused-ring (bicyclic) bond motifs is 1. The lowest BCUT2D eigenvalue weighted by Gasteiger charge is -2.12. The summed E-state index contributed by atoms with van der Waals surface area (Å²) in [5.41, 5.74) is 7.43. The van der Waals surface area contributed by atoms with Crippen molar-refractivity contribution in [3.63, 3.8) is 0 Å². The number of sulfone groups is 1. The lowest BCUT2D eigenvalue weighted by molar-refractivity contribution is 0.597. The summed E-state index contributed by atoms with van der Waals surface area (Å²) in [6.07, 6.45) is 1.11. The van der Waals surface area contributed by atoms with Crippen LogP contribution < -0.4 is 10.9 Å². The largest absolute Gasteiger partial charge is 0.399 e. The Morgan fingerprint density at radius 1 is 1.00 bits per heavy atom. The van der Waals surface area contributed by atoms with Gasteiger partial charge >= 0.3 is 0 Å². The number of hydrogen-bond donors (Lipinski definition) is 2. The van der Waals surface area contributed by atoms with E-state index in [1.54, 1.807) is 47.9 Å². The second-order valence-electron chi connectivity index (χ2n) is 5.81. The topological polar surface area (TPSA) is 125 Å². The predicted molar refractivity (Wildman–Crippen MR) is 96.9 cm³/mol. The Morgan fingerprint density at radius 2 is 1.64 bits per heavy atom. The van der Waals surface area contributed by atoms with Gasteiger partial charge in [0.05, 0.1) is 16.1 Å². The molecule has 4 N–H and O–H groups in total.